The number of fused-ring (bicyclic) bond motifs is 1. The first-order chi connectivity index (χ1) is 15.6. The summed E-state index contributed by atoms with van der Waals surface area (Å²) in [6, 6.07) is 15.4. The molecule has 0 fully saturated rings. The number of hydrogen-bond acceptors (Lipinski definition) is 4. The van der Waals surface area contributed by atoms with E-state index in [4.69, 9.17) is 9.84 Å². The number of carboxylic acids is 1. The Labute approximate surface area is 190 Å². The summed E-state index contributed by atoms with van der Waals surface area (Å²) in [7, 11) is 0. The molecule has 0 spiro atoms. The number of hydrogen-bond donors (Lipinski definition) is 2. The Kier molecular flexibility index (Phi) is 5.86. The average Bonchev–Trinajstić information content (AvgIpc) is 3.09. The Morgan fingerprint density at radius 1 is 1.06 bits per heavy atom. The van der Waals surface area contributed by atoms with E-state index in [0.29, 0.717) is 26.3 Å². The monoisotopic (exact) mass is 470 g/mol. The number of carbonyl (C=O) groups is 1. The molecule has 1 heterocycles. The van der Waals surface area contributed by atoms with Crippen LogP contribution >= 0.6 is 11.3 Å². The SMILES string of the molecule is Cc1cccc(-c2sc3cc(O)ccc3c2Oc2ccc(/C=C/C(=O)O)cc2)c1C(F)(F)F. The standard InChI is InChI=1S/C25H17F3O4S/c1-14-3-2-4-19(22(14)25(26,27)28)24-23(18-11-8-16(29)13-20(18)33-24)32-17-9-5-15(6-10-17)7-12-21(30)31/h2-13,29H,1H3,(H,30,31)/b12-7+. The van der Waals surface area contributed by atoms with Crippen LogP contribution < -0.4 is 4.74 Å². The molecular formula is C25H17F3O4S. The Morgan fingerprint density at radius 2 is 1.79 bits per heavy atom. The predicted molar refractivity (Wildman–Crippen MR) is 122 cm³/mol. The lowest BCUT2D eigenvalue weighted by Crippen LogP contribution is -2.09. The van der Waals surface area contributed by atoms with E-state index in [2.05, 4.69) is 0 Å². The number of thiophene rings is 1. The molecular weight excluding hydrogens is 453 g/mol. The minimum atomic E-state index is -4.56. The van der Waals surface area contributed by atoms with E-state index in [-0.39, 0.29) is 22.6 Å². The highest BCUT2D eigenvalue weighted by molar-refractivity contribution is 7.22. The fraction of sp³-hybridized carbons (Fsp3) is 0.0800. The molecule has 8 heteroatoms. The topological polar surface area (TPSA) is 66.8 Å². The molecule has 4 nitrogen and oxygen atoms in total. The fourth-order valence-electron chi connectivity index (χ4n) is 3.51. The Bertz CT molecular complexity index is 1370. The third kappa shape index (κ3) is 4.70. The number of rotatable bonds is 5. The van der Waals surface area contributed by atoms with Gasteiger partial charge in [0.15, 0.2) is 5.75 Å². The largest absolute Gasteiger partial charge is 0.508 e. The quantitative estimate of drug-likeness (QED) is 0.297. The zero-order chi connectivity index (χ0) is 23.8. The van der Waals surface area contributed by atoms with Crippen LogP contribution in [0.3, 0.4) is 0 Å². The van der Waals surface area contributed by atoms with Gasteiger partial charge in [-0.2, -0.15) is 13.2 Å². The van der Waals surface area contributed by atoms with Crippen LogP contribution in [0.15, 0.2) is 66.7 Å². The van der Waals surface area contributed by atoms with Crippen LogP contribution in [0.1, 0.15) is 16.7 Å². The van der Waals surface area contributed by atoms with Crippen LogP contribution in [0.2, 0.25) is 0 Å². The first-order valence-electron chi connectivity index (χ1n) is 9.75. The van der Waals surface area contributed by atoms with Crippen LogP contribution in [0.5, 0.6) is 17.2 Å². The number of phenolic OH excluding ortho intramolecular Hbond substituents is 1. The third-order valence-corrected chi connectivity index (χ3v) is 6.11. The second-order valence-corrected chi connectivity index (χ2v) is 8.33. The first kappa shape index (κ1) is 22.4. The maximum absolute atomic E-state index is 13.9. The maximum Gasteiger partial charge on any atom is 0.417 e. The molecule has 0 bridgehead atoms. The maximum atomic E-state index is 13.9. The molecule has 2 N–H and O–H groups in total. The number of alkyl halides is 3. The average molecular weight is 470 g/mol. The number of aryl methyl sites for hydroxylation is 1. The highest BCUT2D eigenvalue weighted by Crippen LogP contribution is 2.50. The van der Waals surface area contributed by atoms with Gasteiger partial charge in [-0.3, -0.25) is 0 Å². The molecule has 1 aromatic heterocycles. The summed E-state index contributed by atoms with van der Waals surface area (Å²) in [4.78, 5) is 11.0. The van der Waals surface area contributed by atoms with Crippen LogP contribution in [0.4, 0.5) is 13.2 Å². The molecule has 0 radical (unpaired) electrons. The molecule has 0 aliphatic heterocycles. The van der Waals surface area contributed by atoms with Crippen molar-refractivity contribution >= 4 is 33.5 Å². The van der Waals surface area contributed by atoms with E-state index in [1.54, 1.807) is 36.4 Å². The summed E-state index contributed by atoms with van der Waals surface area (Å²) in [6.07, 6.45) is -2.14. The molecule has 0 saturated heterocycles. The fourth-order valence-corrected chi connectivity index (χ4v) is 4.70. The molecule has 0 atom stereocenters. The Hall–Kier alpha value is -3.78. The van der Waals surface area contributed by atoms with Gasteiger partial charge >= 0.3 is 12.1 Å². The molecule has 168 valence electrons. The van der Waals surface area contributed by atoms with Gasteiger partial charge in [0.05, 0.1) is 10.4 Å². The van der Waals surface area contributed by atoms with Gasteiger partial charge in [-0.1, -0.05) is 30.3 Å². The van der Waals surface area contributed by atoms with Crippen molar-refractivity contribution in [2.75, 3.05) is 0 Å². The number of aliphatic carboxylic acids is 1. The molecule has 0 unspecified atom stereocenters. The van der Waals surface area contributed by atoms with Crippen LogP contribution in [0, 0.1) is 6.92 Å². The minimum Gasteiger partial charge on any atom is -0.508 e. The van der Waals surface area contributed by atoms with E-state index in [1.807, 2.05) is 0 Å². The lowest BCUT2D eigenvalue weighted by Gasteiger charge is -2.16. The summed E-state index contributed by atoms with van der Waals surface area (Å²) < 4.78 is 48.4. The molecule has 0 saturated carbocycles. The summed E-state index contributed by atoms with van der Waals surface area (Å²) in [6.45, 7) is 1.41. The molecule has 0 aliphatic carbocycles. The van der Waals surface area contributed by atoms with Crippen molar-refractivity contribution in [3.63, 3.8) is 0 Å². The number of carboxylic acid groups (broad SMARTS) is 1. The van der Waals surface area contributed by atoms with Gasteiger partial charge in [-0.25, -0.2) is 4.79 Å². The molecule has 4 aromatic rings. The van der Waals surface area contributed by atoms with Crippen LogP contribution in [-0.4, -0.2) is 16.2 Å². The lowest BCUT2D eigenvalue weighted by molar-refractivity contribution is -0.137. The number of halogens is 3. The van der Waals surface area contributed by atoms with Gasteiger partial charge in [0.25, 0.3) is 0 Å². The molecule has 0 aliphatic rings. The smallest absolute Gasteiger partial charge is 0.417 e. The molecule has 3 aromatic carbocycles. The number of benzene rings is 3. The zero-order valence-corrected chi connectivity index (χ0v) is 18.0. The van der Waals surface area contributed by atoms with Crippen LogP contribution in [-0.2, 0) is 11.0 Å². The normalized spacial score (nSPS) is 11.9. The van der Waals surface area contributed by atoms with Crippen LogP contribution in [0.25, 0.3) is 26.6 Å². The van der Waals surface area contributed by atoms with E-state index < -0.39 is 17.7 Å². The molecule has 4 rings (SSSR count). The second kappa shape index (κ2) is 8.63. The van der Waals surface area contributed by atoms with Crippen molar-refractivity contribution in [3.05, 3.63) is 83.4 Å². The summed E-state index contributed by atoms with van der Waals surface area (Å²) in [5, 5.41) is 19.2. The second-order valence-electron chi connectivity index (χ2n) is 7.28. The van der Waals surface area contributed by atoms with Gasteiger partial charge in [0.1, 0.15) is 11.5 Å². The first-order valence-corrected chi connectivity index (χ1v) is 10.6. The highest BCUT2D eigenvalue weighted by atomic mass is 32.1. The van der Waals surface area contributed by atoms with Crippen molar-refractivity contribution in [2.24, 2.45) is 0 Å². The Balaban J connectivity index is 1.85. The number of aromatic hydroxyl groups is 1. The van der Waals surface area contributed by atoms with Crippen molar-refractivity contribution in [1.82, 2.24) is 0 Å². The van der Waals surface area contributed by atoms with E-state index in [9.17, 15) is 23.1 Å². The van der Waals surface area contributed by atoms with Gasteiger partial charge in [-0.15, -0.1) is 11.3 Å². The molecule has 0 amide bonds. The van der Waals surface area contributed by atoms with Gasteiger partial charge < -0.3 is 14.9 Å². The van der Waals surface area contributed by atoms with Crippen molar-refractivity contribution in [3.8, 4) is 27.7 Å². The van der Waals surface area contributed by atoms with E-state index >= 15 is 0 Å². The van der Waals surface area contributed by atoms with Gasteiger partial charge in [-0.05, 0) is 54.5 Å². The number of ether oxygens (including phenoxy) is 1. The summed E-state index contributed by atoms with van der Waals surface area (Å²) >= 11 is 1.10. The van der Waals surface area contributed by atoms with Crippen molar-refractivity contribution in [1.29, 1.82) is 0 Å². The zero-order valence-electron chi connectivity index (χ0n) is 17.2. The van der Waals surface area contributed by atoms with E-state index in [0.717, 1.165) is 17.4 Å². The minimum absolute atomic E-state index is 0.000739. The lowest BCUT2D eigenvalue weighted by atomic mass is 9.99. The van der Waals surface area contributed by atoms with Gasteiger partial charge in [0.2, 0.25) is 0 Å². The molecule has 33 heavy (non-hydrogen) atoms. The van der Waals surface area contributed by atoms with Crippen molar-refractivity contribution in [2.45, 2.75) is 13.1 Å². The Morgan fingerprint density at radius 3 is 2.45 bits per heavy atom. The number of phenols is 1. The third-order valence-electron chi connectivity index (χ3n) is 4.95. The highest BCUT2D eigenvalue weighted by Gasteiger charge is 2.36. The predicted octanol–water partition coefficient (Wildman–Crippen LogP) is 7.49. The van der Waals surface area contributed by atoms with Gasteiger partial charge in [0, 0.05) is 21.7 Å². The summed E-state index contributed by atoms with van der Waals surface area (Å²) in [5.41, 5.74) is -0.0112. The van der Waals surface area contributed by atoms with Crippen molar-refractivity contribution < 1.29 is 32.9 Å². The van der Waals surface area contributed by atoms with E-state index in [1.165, 1.54) is 37.3 Å². The summed E-state index contributed by atoms with van der Waals surface area (Å²) in [5.74, 6) is -0.457.